The van der Waals surface area contributed by atoms with Gasteiger partial charge in [0.05, 0.1) is 25.9 Å². The van der Waals surface area contributed by atoms with Gasteiger partial charge >= 0.3 is 0 Å². The molecule has 0 unspecified atom stereocenters. The van der Waals surface area contributed by atoms with Crippen molar-refractivity contribution < 1.29 is 9.47 Å². The van der Waals surface area contributed by atoms with E-state index in [1.165, 1.54) is 0 Å². The third kappa shape index (κ3) is 12.7. The molecule has 2 fully saturated rings. The molecule has 2 aliphatic heterocycles. The number of ether oxygens (including phenoxy) is 2. The number of nitrogens with one attached hydrogen (secondary N) is 2. The Morgan fingerprint density at radius 1 is 1.00 bits per heavy atom. The van der Waals surface area contributed by atoms with Crippen LogP contribution in [0.15, 0.2) is 42.6 Å². The third-order valence-electron chi connectivity index (χ3n) is 5.18. The van der Waals surface area contributed by atoms with Gasteiger partial charge in [0.2, 0.25) is 5.95 Å². The minimum Gasteiger partial charge on any atom is -0.494 e. The number of hydrogen-bond acceptors (Lipinski definition) is 8. The zero-order valence-electron chi connectivity index (χ0n) is 22.8. The molecule has 1 aromatic carbocycles. The average Bonchev–Trinajstić information content (AvgIpc) is 2.90. The van der Waals surface area contributed by atoms with E-state index in [0.29, 0.717) is 6.04 Å². The molecule has 0 bridgehead atoms. The van der Waals surface area contributed by atoms with E-state index in [2.05, 4.69) is 44.4 Å². The molecule has 2 N–H and O–H groups in total. The van der Waals surface area contributed by atoms with Crippen LogP contribution in [0.25, 0.3) is 0 Å². The van der Waals surface area contributed by atoms with Crippen LogP contribution in [0.3, 0.4) is 0 Å². The van der Waals surface area contributed by atoms with E-state index in [0.717, 1.165) is 83.0 Å². The summed E-state index contributed by atoms with van der Waals surface area (Å²) in [5.74, 6) is 2.68. The molecular formula is C27H48N6O2. The van der Waals surface area contributed by atoms with Crippen molar-refractivity contribution in [1.29, 1.82) is 0 Å². The number of rotatable bonds is 9. The number of para-hydroxylation sites is 1. The number of piperazine rings is 1. The second-order valence-corrected chi connectivity index (χ2v) is 7.78. The average molecular weight is 489 g/mol. The van der Waals surface area contributed by atoms with Gasteiger partial charge in [-0.05, 0) is 44.8 Å². The number of likely N-dealkylation sites (N-methyl/N-ethyl adjacent to an activating group) is 1. The molecule has 35 heavy (non-hydrogen) atoms. The maximum Gasteiger partial charge on any atom is 0.227 e. The van der Waals surface area contributed by atoms with Gasteiger partial charge in [-0.25, -0.2) is 4.98 Å². The van der Waals surface area contributed by atoms with Crippen molar-refractivity contribution in [2.45, 2.75) is 47.1 Å². The van der Waals surface area contributed by atoms with Crippen molar-refractivity contribution in [2.24, 2.45) is 0 Å². The quantitative estimate of drug-likeness (QED) is 0.510. The first-order valence-corrected chi connectivity index (χ1v) is 13.2. The van der Waals surface area contributed by atoms with Crippen LogP contribution < -0.4 is 20.3 Å². The van der Waals surface area contributed by atoms with Gasteiger partial charge in [0.15, 0.2) is 0 Å². The number of benzene rings is 1. The van der Waals surface area contributed by atoms with E-state index >= 15 is 0 Å². The summed E-state index contributed by atoms with van der Waals surface area (Å²) in [7, 11) is 2.15. The van der Waals surface area contributed by atoms with Crippen molar-refractivity contribution in [3.05, 3.63) is 42.6 Å². The lowest BCUT2D eigenvalue weighted by molar-refractivity contribution is 0.0209. The minimum atomic E-state index is 0.403. The maximum atomic E-state index is 5.51. The van der Waals surface area contributed by atoms with Gasteiger partial charge in [-0.2, -0.15) is 4.98 Å². The van der Waals surface area contributed by atoms with E-state index in [1.54, 1.807) is 0 Å². The molecule has 198 valence electrons. The standard InChI is InChI=1S/C12H19N5O.C11H17NO.2C2H6/c1-16-4-6-17(7-5-16)12-13-3-2-11(15-12)14-10-8-18-9-10;1-2-12-9-6-10-13-11-7-4-3-5-8-11;2*1-2/h2-3,10H,4-9H2,1H3,(H,13,14,15);3-5,7-8,12H,2,6,9-10H2,1H3;2*1-2H3. The Balaban J connectivity index is 0.000000320. The largest absolute Gasteiger partial charge is 0.494 e. The predicted molar refractivity (Wildman–Crippen MR) is 148 cm³/mol. The highest BCUT2D eigenvalue weighted by Crippen LogP contribution is 2.15. The molecule has 4 rings (SSSR count). The number of aromatic nitrogens is 2. The van der Waals surface area contributed by atoms with E-state index in [-0.39, 0.29) is 0 Å². The van der Waals surface area contributed by atoms with Crippen LogP contribution in [-0.2, 0) is 4.74 Å². The Morgan fingerprint density at radius 2 is 1.69 bits per heavy atom. The summed E-state index contributed by atoms with van der Waals surface area (Å²) in [6, 6.07) is 12.2. The summed E-state index contributed by atoms with van der Waals surface area (Å²) in [4.78, 5) is 13.5. The monoisotopic (exact) mass is 488 g/mol. The lowest BCUT2D eigenvalue weighted by atomic mass is 10.2. The van der Waals surface area contributed by atoms with Crippen LogP contribution in [-0.4, -0.2) is 87.0 Å². The van der Waals surface area contributed by atoms with Gasteiger partial charge in [0, 0.05) is 32.4 Å². The van der Waals surface area contributed by atoms with Gasteiger partial charge in [0.1, 0.15) is 11.6 Å². The summed E-state index contributed by atoms with van der Waals surface area (Å²) in [5, 5.41) is 6.61. The van der Waals surface area contributed by atoms with Crippen LogP contribution >= 0.6 is 0 Å². The first-order chi connectivity index (χ1) is 17.2. The first kappa shape index (κ1) is 30.6. The molecule has 1 aromatic heterocycles. The lowest BCUT2D eigenvalue weighted by Gasteiger charge is -2.32. The second-order valence-electron chi connectivity index (χ2n) is 7.78. The van der Waals surface area contributed by atoms with Crippen LogP contribution in [0.2, 0.25) is 0 Å². The zero-order valence-corrected chi connectivity index (χ0v) is 22.8. The number of hydrogen-bond donors (Lipinski definition) is 2. The van der Waals surface area contributed by atoms with E-state index in [4.69, 9.17) is 9.47 Å². The van der Waals surface area contributed by atoms with E-state index in [1.807, 2.05) is 70.3 Å². The summed E-state index contributed by atoms with van der Waals surface area (Å²) >= 11 is 0. The fourth-order valence-corrected chi connectivity index (χ4v) is 3.20. The highest BCUT2D eigenvalue weighted by molar-refractivity contribution is 5.42. The Labute approximate surface area is 213 Å². The predicted octanol–water partition coefficient (Wildman–Crippen LogP) is 4.16. The van der Waals surface area contributed by atoms with Crippen LogP contribution in [0.4, 0.5) is 11.8 Å². The molecule has 0 radical (unpaired) electrons. The first-order valence-electron chi connectivity index (χ1n) is 13.2. The Kier molecular flexibility index (Phi) is 17.4. The van der Waals surface area contributed by atoms with Crippen molar-refractivity contribution in [3.8, 4) is 5.75 Å². The van der Waals surface area contributed by atoms with Crippen LogP contribution in [0.1, 0.15) is 41.0 Å². The lowest BCUT2D eigenvalue weighted by Crippen LogP contribution is -2.45. The van der Waals surface area contributed by atoms with Gasteiger partial charge in [-0.3, -0.25) is 0 Å². The molecule has 2 aliphatic rings. The normalized spacial score (nSPS) is 15.2. The molecule has 0 atom stereocenters. The zero-order chi connectivity index (χ0) is 25.7. The molecule has 3 heterocycles. The second kappa shape index (κ2) is 19.8. The van der Waals surface area contributed by atoms with Crippen LogP contribution in [0.5, 0.6) is 5.75 Å². The molecule has 2 aromatic rings. The molecule has 8 heteroatoms. The fourth-order valence-electron chi connectivity index (χ4n) is 3.20. The van der Waals surface area contributed by atoms with Gasteiger partial charge in [-0.1, -0.05) is 52.8 Å². The molecule has 0 amide bonds. The van der Waals surface area contributed by atoms with Crippen molar-refractivity contribution in [3.63, 3.8) is 0 Å². The Hall–Kier alpha value is -2.42. The van der Waals surface area contributed by atoms with E-state index < -0.39 is 0 Å². The summed E-state index contributed by atoms with van der Waals surface area (Å²) in [6.45, 7) is 18.6. The number of nitrogens with zero attached hydrogens (tertiary/aromatic N) is 4. The van der Waals surface area contributed by atoms with Crippen LogP contribution in [0, 0.1) is 0 Å². The smallest absolute Gasteiger partial charge is 0.227 e. The van der Waals surface area contributed by atoms with Crippen molar-refractivity contribution >= 4 is 11.8 Å². The fraction of sp³-hybridized carbons (Fsp3) is 0.630. The Morgan fingerprint density at radius 3 is 2.29 bits per heavy atom. The molecule has 8 nitrogen and oxygen atoms in total. The summed E-state index contributed by atoms with van der Waals surface area (Å²) in [5.41, 5.74) is 0. The molecule has 0 aliphatic carbocycles. The molecule has 0 spiro atoms. The van der Waals surface area contributed by atoms with Gasteiger partial charge < -0.3 is 29.9 Å². The van der Waals surface area contributed by atoms with Crippen molar-refractivity contribution in [1.82, 2.24) is 20.2 Å². The highest BCUT2D eigenvalue weighted by atomic mass is 16.5. The highest BCUT2D eigenvalue weighted by Gasteiger charge is 2.20. The molecule has 0 saturated carbocycles. The van der Waals surface area contributed by atoms with Gasteiger partial charge in [0.25, 0.3) is 0 Å². The van der Waals surface area contributed by atoms with E-state index in [9.17, 15) is 0 Å². The Bertz CT molecular complexity index is 737. The topological polar surface area (TPSA) is 74.8 Å². The third-order valence-corrected chi connectivity index (χ3v) is 5.18. The summed E-state index contributed by atoms with van der Waals surface area (Å²) in [6.07, 6.45) is 2.88. The summed E-state index contributed by atoms with van der Waals surface area (Å²) < 4.78 is 10.7. The maximum absolute atomic E-state index is 5.51. The SMILES string of the molecule is CC.CC.CCNCCCOc1ccccc1.CN1CCN(c2nccc(NC3COC3)n2)CC1. The molecule has 2 saturated heterocycles. The van der Waals surface area contributed by atoms with Crippen molar-refractivity contribution in [2.75, 3.05) is 76.4 Å². The van der Waals surface area contributed by atoms with Gasteiger partial charge in [-0.15, -0.1) is 0 Å². The number of anilines is 2. The molecular weight excluding hydrogens is 440 g/mol. The minimum absolute atomic E-state index is 0.403.